The number of hydrogen-bond donors (Lipinski definition) is 1. The van der Waals surface area contributed by atoms with E-state index in [9.17, 15) is 9.59 Å². The van der Waals surface area contributed by atoms with Gasteiger partial charge in [-0.25, -0.2) is 0 Å². The molecule has 7 heteroatoms. The number of furan rings is 2. The molecule has 2 amide bonds. The molecule has 1 aliphatic carbocycles. The van der Waals surface area contributed by atoms with Gasteiger partial charge in [0.1, 0.15) is 18.1 Å². The zero-order valence-corrected chi connectivity index (χ0v) is 20.6. The van der Waals surface area contributed by atoms with Crippen molar-refractivity contribution in [1.29, 1.82) is 0 Å². The molecule has 188 valence electrons. The van der Waals surface area contributed by atoms with Crippen molar-refractivity contribution in [3.8, 4) is 5.75 Å². The minimum atomic E-state index is -0.272. The Morgan fingerprint density at radius 1 is 1.03 bits per heavy atom. The molecule has 1 saturated carbocycles. The van der Waals surface area contributed by atoms with E-state index in [1.807, 2.05) is 36.1 Å². The molecule has 4 aromatic rings. The Balaban J connectivity index is 1.26. The molecule has 0 saturated heterocycles. The van der Waals surface area contributed by atoms with Crippen LogP contribution in [-0.4, -0.2) is 29.3 Å². The second-order valence-corrected chi connectivity index (χ2v) is 9.71. The molecule has 1 unspecified atom stereocenters. The van der Waals surface area contributed by atoms with Gasteiger partial charge < -0.3 is 23.8 Å². The lowest BCUT2D eigenvalue weighted by Gasteiger charge is -2.37. The number of hydrogen-bond acceptors (Lipinski definition) is 5. The van der Waals surface area contributed by atoms with E-state index < -0.39 is 0 Å². The molecule has 1 N–H and O–H groups in total. The van der Waals surface area contributed by atoms with E-state index >= 15 is 0 Å². The van der Waals surface area contributed by atoms with Gasteiger partial charge >= 0.3 is 0 Å². The van der Waals surface area contributed by atoms with Gasteiger partial charge in [0.15, 0.2) is 11.5 Å². The highest BCUT2D eigenvalue weighted by atomic mass is 16.5. The van der Waals surface area contributed by atoms with Crippen LogP contribution in [0.1, 0.15) is 68.0 Å². The number of aryl methyl sites for hydroxylation is 1. The van der Waals surface area contributed by atoms with Gasteiger partial charge in [-0.15, -0.1) is 0 Å². The number of fused-ring (bicyclic) bond motifs is 1. The monoisotopic (exact) mass is 496 g/mol. The molecule has 0 radical (unpaired) electrons. The molecular formula is C30H28N2O5. The van der Waals surface area contributed by atoms with E-state index in [1.165, 1.54) is 11.8 Å². The van der Waals surface area contributed by atoms with Crippen molar-refractivity contribution in [2.24, 2.45) is 0 Å². The number of benzene rings is 2. The van der Waals surface area contributed by atoms with Crippen molar-refractivity contribution < 1.29 is 23.2 Å². The van der Waals surface area contributed by atoms with Crippen LogP contribution in [0.15, 0.2) is 81.8 Å². The molecule has 37 heavy (non-hydrogen) atoms. The first-order valence-electron chi connectivity index (χ1n) is 12.6. The summed E-state index contributed by atoms with van der Waals surface area (Å²) in [6, 6.07) is 21.1. The van der Waals surface area contributed by atoms with Crippen molar-refractivity contribution in [3.05, 3.63) is 113 Å². The van der Waals surface area contributed by atoms with Gasteiger partial charge in [0.2, 0.25) is 0 Å². The number of amides is 2. The number of nitrogens with one attached hydrogen (secondary N) is 1. The average Bonchev–Trinajstić information content (AvgIpc) is 3.35. The van der Waals surface area contributed by atoms with Crippen LogP contribution in [0, 0.1) is 6.92 Å². The second kappa shape index (κ2) is 9.65. The van der Waals surface area contributed by atoms with Crippen molar-refractivity contribution in [2.75, 3.05) is 6.54 Å². The van der Waals surface area contributed by atoms with Crippen LogP contribution in [-0.2, 0) is 13.0 Å². The van der Waals surface area contributed by atoms with Crippen molar-refractivity contribution in [2.45, 2.75) is 44.9 Å². The first kappa shape index (κ1) is 23.2. The molecule has 1 fully saturated rings. The summed E-state index contributed by atoms with van der Waals surface area (Å²) in [5, 5.41) is 2.93. The summed E-state index contributed by atoms with van der Waals surface area (Å²) in [7, 11) is 0. The first-order valence-corrected chi connectivity index (χ1v) is 12.6. The van der Waals surface area contributed by atoms with Gasteiger partial charge in [0.25, 0.3) is 11.8 Å². The van der Waals surface area contributed by atoms with Gasteiger partial charge in [-0.2, -0.15) is 0 Å². The maximum Gasteiger partial charge on any atom is 0.290 e. The predicted octanol–water partition coefficient (Wildman–Crippen LogP) is 5.44. The van der Waals surface area contributed by atoms with Gasteiger partial charge in [0.05, 0.1) is 12.3 Å². The zero-order valence-electron chi connectivity index (χ0n) is 20.6. The van der Waals surface area contributed by atoms with Crippen LogP contribution < -0.4 is 10.1 Å². The van der Waals surface area contributed by atoms with Crippen LogP contribution in [0.3, 0.4) is 0 Å². The van der Waals surface area contributed by atoms with Crippen molar-refractivity contribution in [1.82, 2.24) is 10.2 Å². The van der Waals surface area contributed by atoms with Gasteiger partial charge in [-0.3, -0.25) is 9.59 Å². The summed E-state index contributed by atoms with van der Waals surface area (Å²) in [5.74, 6) is 1.54. The van der Waals surface area contributed by atoms with E-state index in [1.54, 1.807) is 24.3 Å². The fraction of sp³-hybridized carbons (Fsp3) is 0.267. The lowest BCUT2D eigenvalue weighted by atomic mass is 9.87. The molecule has 1 aliphatic heterocycles. The Morgan fingerprint density at radius 2 is 1.92 bits per heavy atom. The summed E-state index contributed by atoms with van der Waals surface area (Å²) >= 11 is 0. The molecule has 0 bridgehead atoms. The van der Waals surface area contributed by atoms with Gasteiger partial charge in [-0.1, -0.05) is 35.9 Å². The Bertz CT molecular complexity index is 1430. The Hall–Kier alpha value is -4.26. The summed E-state index contributed by atoms with van der Waals surface area (Å²) in [6.07, 6.45) is 4.31. The lowest BCUT2D eigenvalue weighted by molar-refractivity contribution is 0.0661. The van der Waals surface area contributed by atoms with E-state index in [0.29, 0.717) is 29.6 Å². The van der Waals surface area contributed by atoms with Crippen LogP contribution in [0.2, 0.25) is 0 Å². The molecule has 6 rings (SSSR count). The lowest BCUT2D eigenvalue weighted by Crippen LogP contribution is -2.40. The minimum absolute atomic E-state index is 0.138. The maximum atomic E-state index is 13.4. The van der Waals surface area contributed by atoms with Crippen LogP contribution in [0.5, 0.6) is 5.75 Å². The Morgan fingerprint density at radius 3 is 2.70 bits per heavy atom. The molecule has 2 aliphatic rings. The number of nitrogens with zero attached hydrogens (tertiary/aromatic N) is 1. The molecule has 1 atom stereocenters. The minimum Gasteiger partial charge on any atom is -0.486 e. The van der Waals surface area contributed by atoms with Crippen LogP contribution >= 0.6 is 0 Å². The third-order valence-electron chi connectivity index (χ3n) is 6.88. The first-order chi connectivity index (χ1) is 18.0. The van der Waals surface area contributed by atoms with Crippen molar-refractivity contribution >= 4 is 11.8 Å². The number of ether oxygens (including phenoxy) is 1. The van der Waals surface area contributed by atoms with E-state index in [2.05, 4.69) is 23.5 Å². The van der Waals surface area contributed by atoms with Crippen LogP contribution in [0.25, 0.3) is 0 Å². The Labute approximate surface area is 215 Å². The van der Waals surface area contributed by atoms with E-state index in [4.69, 9.17) is 13.6 Å². The third kappa shape index (κ3) is 4.89. The third-order valence-corrected chi connectivity index (χ3v) is 6.88. The maximum absolute atomic E-state index is 13.4. The highest BCUT2D eigenvalue weighted by Gasteiger charge is 2.34. The zero-order chi connectivity index (χ0) is 25.4. The molecule has 2 aromatic heterocycles. The van der Waals surface area contributed by atoms with E-state index in [0.717, 1.165) is 36.0 Å². The van der Waals surface area contributed by atoms with Crippen LogP contribution in [0.4, 0.5) is 0 Å². The molecule has 0 spiro atoms. The summed E-state index contributed by atoms with van der Waals surface area (Å²) < 4.78 is 17.2. The SMILES string of the molecule is Cc1cccc(C2c3cc(OCc4ccc(C(=O)NC5CC5)o4)ccc3CCN2C(=O)c2ccco2)c1. The van der Waals surface area contributed by atoms with E-state index in [-0.39, 0.29) is 30.5 Å². The quantitative estimate of drug-likeness (QED) is 0.368. The fourth-order valence-corrected chi connectivity index (χ4v) is 4.86. The number of carbonyl (C=O) groups is 2. The topological polar surface area (TPSA) is 84.9 Å². The highest BCUT2D eigenvalue weighted by molar-refractivity contribution is 5.92. The second-order valence-electron chi connectivity index (χ2n) is 9.71. The summed E-state index contributed by atoms with van der Waals surface area (Å²) in [4.78, 5) is 27.5. The molecule has 7 nitrogen and oxygen atoms in total. The normalized spacial score (nSPS) is 16.8. The Kier molecular flexibility index (Phi) is 6.04. The summed E-state index contributed by atoms with van der Waals surface area (Å²) in [6.45, 7) is 2.83. The fourth-order valence-electron chi connectivity index (χ4n) is 4.86. The van der Waals surface area contributed by atoms with Gasteiger partial charge in [0, 0.05) is 12.6 Å². The smallest absolute Gasteiger partial charge is 0.290 e. The number of carbonyl (C=O) groups excluding carboxylic acids is 2. The highest BCUT2D eigenvalue weighted by Crippen LogP contribution is 2.38. The molecule has 2 aromatic carbocycles. The standard InChI is InChI=1S/C30H28N2O5/c1-19-4-2-5-21(16-19)28-25-17-23(36-18-24-11-12-26(37-24)29(33)31-22-8-9-22)10-7-20(25)13-14-32(28)30(34)27-6-3-15-35-27/h2-7,10-12,15-17,22,28H,8-9,13-14,18H2,1H3,(H,31,33). The van der Waals surface area contributed by atoms with Gasteiger partial charge in [-0.05, 0) is 79.3 Å². The largest absolute Gasteiger partial charge is 0.486 e. The average molecular weight is 497 g/mol. The number of rotatable bonds is 7. The summed E-state index contributed by atoms with van der Waals surface area (Å²) in [5.41, 5.74) is 4.37. The predicted molar refractivity (Wildman–Crippen MR) is 136 cm³/mol. The van der Waals surface area contributed by atoms with Crippen molar-refractivity contribution in [3.63, 3.8) is 0 Å². The molecule has 3 heterocycles. The molecular weight excluding hydrogens is 468 g/mol.